The van der Waals surface area contributed by atoms with Crippen LogP contribution < -0.4 is 11.1 Å². The third kappa shape index (κ3) is 7.88. The van der Waals surface area contributed by atoms with Crippen LogP contribution in [0.5, 0.6) is 0 Å². The zero-order valence-corrected chi connectivity index (χ0v) is 31.4. The molecule has 0 saturated carbocycles. The second-order valence-corrected chi connectivity index (χ2v) is 14.3. The van der Waals surface area contributed by atoms with Crippen LogP contribution in [0.1, 0.15) is 58.3 Å². The molecule has 8 rings (SSSR count). The van der Waals surface area contributed by atoms with Gasteiger partial charge in [0.1, 0.15) is 28.1 Å². The first kappa shape index (κ1) is 36.8. The number of carbonyl (C=O) groups is 2. The van der Waals surface area contributed by atoms with Crippen molar-refractivity contribution in [2.24, 2.45) is 5.73 Å². The number of anilines is 1. The molecule has 2 amide bonds. The molecule has 16 heteroatoms. The Balaban J connectivity index is 0.000000174. The number of halogens is 2. The highest BCUT2D eigenvalue weighted by Gasteiger charge is 2.26. The fourth-order valence-corrected chi connectivity index (χ4v) is 7.42. The van der Waals surface area contributed by atoms with E-state index in [9.17, 15) is 9.59 Å². The smallest absolute Gasteiger partial charge is 0.273 e. The summed E-state index contributed by atoms with van der Waals surface area (Å²) in [5, 5.41) is 7.50. The van der Waals surface area contributed by atoms with Crippen LogP contribution in [0.25, 0.3) is 31.9 Å². The van der Waals surface area contributed by atoms with Gasteiger partial charge in [-0.15, -0.1) is 11.3 Å². The number of aromatic nitrogens is 5. The Bertz CT molecular complexity index is 2290. The quantitative estimate of drug-likeness (QED) is 0.195. The number of rotatable bonds is 6. The Labute approximate surface area is 319 Å². The number of nitrogens with one attached hydrogen (secondary N) is 1. The van der Waals surface area contributed by atoms with Gasteiger partial charge in [0.2, 0.25) is 0 Å². The van der Waals surface area contributed by atoms with Crippen molar-refractivity contribution >= 4 is 84.1 Å². The first-order chi connectivity index (χ1) is 25.7. The molecule has 2 fully saturated rings. The highest BCUT2D eigenvalue weighted by Crippen LogP contribution is 2.32. The number of hydrogen-bond acceptors (Lipinski definition) is 12. The number of pyridine rings is 2. The van der Waals surface area contributed by atoms with Crippen molar-refractivity contribution in [3.8, 4) is 0 Å². The largest absolute Gasteiger partial charge is 0.378 e. The molecule has 53 heavy (non-hydrogen) atoms. The van der Waals surface area contributed by atoms with Crippen LogP contribution in [0.4, 0.5) is 5.82 Å². The number of thiazole rings is 1. The van der Waals surface area contributed by atoms with Gasteiger partial charge in [0.05, 0.1) is 59.4 Å². The van der Waals surface area contributed by atoms with Gasteiger partial charge in [-0.05, 0) is 48.9 Å². The number of hydrogen-bond donors (Lipinski definition) is 2. The minimum absolute atomic E-state index is 0.121. The van der Waals surface area contributed by atoms with Gasteiger partial charge in [-0.2, -0.15) is 0 Å². The second kappa shape index (κ2) is 16.2. The van der Waals surface area contributed by atoms with E-state index in [0.29, 0.717) is 108 Å². The van der Waals surface area contributed by atoms with E-state index < -0.39 is 0 Å². The van der Waals surface area contributed by atoms with E-state index in [-0.39, 0.29) is 23.9 Å². The summed E-state index contributed by atoms with van der Waals surface area (Å²) in [5.41, 5.74) is 10.5. The number of amides is 2. The molecule has 2 aliphatic rings. The average molecular weight is 775 g/mol. The van der Waals surface area contributed by atoms with Gasteiger partial charge in [0.15, 0.2) is 5.82 Å². The highest BCUT2D eigenvalue weighted by molar-refractivity contribution is 7.16. The predicted octanol–water partition coefficient (Wildman–Crippen LogP) is 6.31. The van der Waals surface area contributed by atoms with Crippen molar-refractivity contribution < 1.29 is 19.1 Å². The van der Waals surface area contributed by atoms with Crippen LogP contribution in [0.2, 0.25) is 10.0 Å². The number of carbonyl (C=O) groups excluding carboxylic acids is 2. The monoisotopic (exact) mass is 773 g/mol. The number of fused-ring (bicyclic) bond motifs is 3. The Hall–Kier alpha value is -4.57. The van der Waals surface area contributed by atoms with E-state index in [4.69, 9.17) is 43.4 Å². The number of morpholine rings is 2. The Morgan fingerprint density at radius 2 is 1.32 bits per heavy atom. The summed E-state index contributed by atoms with van der Waals surface area (Å²) in [5.74, 6) is 0.371. The molecular formula is C37H37Cl2N9O4S. The van der Waals surface area contributed by atoms with Gasteiger partial charge in [-0.3, -0.25) is 9.59 Å². The lowest BCUT2D eigenvalue weighted by Crippen LogP contribution is -2.41. The first-order valence-electron chi connectivity index (χ1n) is 17.2. The molecule has 6 heterocycles. The fraction of sp³-hybridized carbons (Fsp3) is 0.324. The van der Waals surface area contributed by atoms with Gasteiger partial charge in [-0.1, -0.05) is 47.5 Å². The van der Waals surface area contributed by atoms with Crippen LogP contribution >= 0.6 is 34.5 Å². The molecule has 0 unspecified atom stereocenters. The SMILES string of the molecule is C[C@H](N)c1cc2cccc(Cl)c2c(C(=O)N2CCOCC2)n1.C[C@H](Nc1ncnc2scnc12)c1cc2cccc(Cl)c2c(C(=O)N2CCOCC2)n1. The number of benzene rings is 2. The van der Waals surface area contributed by atoms with Crippen molar-refractivity contribution in [3.05, 3.63) is 93.2 Å². The van der Waals surface area contributed by atoms with Crippen LogP contribution in [-0.4, -0.2) is 99.1 Å². The molecule has 4 aromatic heterocycles. The van der Waals surface area contributed by atoms with Gasteiger partial charge in [0, 0.05) is 43.0 Å². The molecule has 13 nitrogen and oxygen atoms in total. The van der Waals surface area contributed by atoms with Crippen molar-refractivity contribution in [1.29, 1.82) is 0 Å². The van der Waals surface area contributed by atoms with E-state index in [0.717, 1.165) is 15.6 Å². The lowest BCUT2D eigenvalue weighted by molar-refractivity contribution is 0.0299. The van der Waals surface area contributed by atoms with Crippen LogP contribution in [0.15, 0.2) is 60.4 Å². The van der Waals surface area contributed by atoms with Gasteiger partial charge in [0.25, 0.3) is 11.8 Å². The molecule has 0 aliphatic carbocycles. The van der Waals surface area contributed by atoms with Gasteiger partial charge < -0.3 is 30.3 Å². The van der Waals surface area contributed by atoms with E-state index in [1.165, 1.54) is 17.7 Å². The maximum atomic E-state index is 13.3. The minimum atomic E-state index is -0.250. The van der Waals surface area contributed by atoms with Crippen molar-refractivity contribution in [1.82, 2.24) is 34.7 Å². The summed E-state index contributed by atoms with van der Waals surface area (Å²) in [6, 6.07) is 14.5. The third-order valence-corrected chi connectivity index (χ3v) is 10.4. The number of nitrogens with two attached hydrogens (primary N) is 1. The molecule has 3 N–H and O–H groups in total. The normalized spacial score (nSPS) is 15.9. The maximum absolute atomic E-state index is 13.3. The summed E-state index contributed by atoms with van der Waals surface area (Å²) in [6.45, 7) is 8.15. The minimum Gasteiger partial charge on any atom is -0.378 e. The predicted molar refractivity (Wildman–Crippen MR) is 207 cm³/mol. The fourth-order valence-electron chi connectivity index (χ4n) is 6.25. The molecule has 2 saturated heterocycles. The average Bonchev–Trinajstić information content (AvgIpc) is 3.68. The van der Waals surface area contributed by atoms with E-state index in [1.807, 2.05) is 50.2 Å². The van der Waals surface area contributed by atoms with E-state index >= 15 is 0 Å². The maximum Gasteiger partial charge on any atom is 0.273 e. The zero-order valence-electron chi connectivity index (χ0n) is 29.1. The molecule has 2 aromatic carbocycles. The zero-order chi connectivity index (χ0) is 37.1. The molecule has 0 bridgehead atoms. The Morgan fingerprint density at radius 1 is 0.792 bits per heavy atom. The molecule has 274 valence electrons. The lowest BCUT2D eigenvalue weighted by Gasteiger charge is -2.27. The Kier molecular flexibility index (Phi) is 11.2. The second-order valence-electron chi connectivity index (χ2n) is 12.7. The lowest BCUT2D eigenvalue weighted by atomic mass is 10.0. The van der Waals surface area contributed by atoms with Crippen molar-refractivity contribution in [2.75, 3.05) is 57.9 Å². The van der Waals surface area contributed by atoms with Gasteiger partial charge >= 0.3 is 0 Å². The topological polar surface area (TPSA) is 162 Å². The number of nitrogens with zero attached hydrogens (tertiary/aromatic N) is 7. The molecule has 2 aliphatic heterocycles. The van der Waals surface area contributed by atoms with E-state index in [1.54, 1.807) is 27.4 Å². The van der Waals surface area contributed by atoms with Crippen molar-refractivity contribution in [3.63, 3.8) is 0 Å². The summed E-state index contributed by atoms with van der Waals surface area (Å²) in [7, 11) is 0. The molecule has 6 aromatic rings. The molecule has 2 atom stereocenters. The molecule has 0 spiro atoms. The summed E-state index contributed by atoms with van der Waals surface area (Å²) in [4.78, 5) is 52.7. The third-order valence-electron chi connectivity index (χ3n) is 9.05. The van der Waals surface area contributed by atoms with Crippen molar-refractivity contribution in [2.45, 2.75) is 25.9 Å². The summed E-state index contributed by atoms with van der Waals surface area (Å²) >= 11 is 14.3. The standard InChI is InChI=1S/C21H19ClN6O2S.C16H18ClN3O2/c1-12(26-19-18-20(24-10-23-19)31-11-25-18)15-9-13-3-2-4-14(22)16(13)17(27-15)21(29)28-5-7-30-8-6-28;1-10(18)13-9-11-3-2-4-12(17)14(11)15(19-13)16(21)20-5-7-22-8-6-20/h2-4,9-12H,5-8H2,1H3,(H,23,24,26);2-4,9-10H,5-8,18H2,1H3/t12-;10-/m00/s1. The van der Waals surface area contributed by atoms with Crippen LogP contribution in [-0.2, 0) is 9.47 Å². The summed E-state index contributed by atoms with van der Waals surface area (Å²) < 4.78 is 10.7. The van der Waals surface area contributed by atoms with E-state index in [2.05, 4.69) is 25.3 Å². The summed E-state index contributed by atoms with van der Waals surface area (Å²) in [6.07, 6.45) is 1.51. The molecule has 0 radical (unpaired) electrons. The van der Waals surface area contributed by atoms with Crippen LogP contribution in [0.3, 0.4) is 0 Å². The first-order valence-corrected chi connectivity index (χ1v) is 18.8. The highest BCUT2D eigenvalue weighted by atomic mass is 35.5. The molecular weight excluding hydrogens is 737 g/mol. The number of ether oxygens (including phenoxy) is 2. The Morgan fingerprint density at radius 3 is 1.87 bits per heavy atom. The van der Waals surface area contributed by atoms with Crippen LogP contribution in [0, 0.1) is 0 Å². The van der Waals surface area contributed by atoms with Gasteiger partial charge in [-0.25, -0.2) is 24.9 Å².